The van der Waals surface area contributed by atoms with Crippen LogP contribution in [0.2, 0.25) is 5.02 Å². The summed E-state index contributed by atoms with van der Waals surface area (Å²) < 4.78 is 6.23. The number of carboxylic acid groups (broad SMARTS) is 1. The molecule has 0 unspecified atom stereocenters. The number of ether oxygens (including phenoxy) is 1. The van der Waals surface area contributed by atoms with E-state index in [0.717, 1.165) is 27.4 Å². The van der Waals surface area contributed by atoms with Crippen molar-refractivity contribution in [3.05, 3.63) is 61.9 Å². The molecule has 2 N–H and O–H groups in total. The maximum atomic E-state index is 11.7. The third-order valence-corrected chi connectivity index (χ3v) is 5.75. The van der Waals surface area contributed by atoms with E-state index < -0.39 is 5.97 Å². The van der Waals surface area contributed by atoms with E-state index in [4.69, 9.17) is 16.3 Å². The van der Waals surface area contributed by atoms with Crippen LogP contribution in [0, 0.1) is 6.92 Å². The van der Waals surface area contributed by atoms with Crippen molar-refractivity contribution >= 4 is 51.3 Å². The predicted molar refractivity (Wildman–Crippen MR) is 114 cm³/mol. The number of hydrogen-bond donors (Lipinski definition) is 2. The number of aryl methyl sites for hydroxylation is 1. The van der Waals surface area contributed by atoms with Crippen molar-refractivity contribution < 1.29 is 14.6 Å². The van der Waals surface area contributed by atoms with Gasteiger partial charge in [-0.1, -0.05) is 39.7 Å². The minimum absolute atomic E-state index is 0.0966. The summed E-state index contributed by atoms with van der Waals surface area (Å²) >= 11 is 10.5. The van der Waals surface area contributed by atoms with Crippen LogP contribution < -0.4 is 4.74 Å². The molecule has 0 saturated heterocycles. The van der Waals surface area contributed by atoms with Crippen molar-refractivity contribution in [1.82, 2.24) is 15.2 Å². The third kappa shape index (κ3) is 4.76. The van der Waals surface area contributed by atoms with Gasteiger partial charge in [0.2, 0.25) is 5.16 Å². The number of hydrogen-bond acceptors (Lipinski definition) is 5. The highest BCUT2D eigenvalue weighted by atomic mass is 79.9. The Bertz CT molecular complexity index is 1070. The summed E-state index contributed by atoms with van der Waals surface area (Å²) in [5.74, 6) is -0.0475. The molecule has 0 spiro atoms. The molecule has 28 heavy (non-hydrogen) atoms. The summed E-state index contributed by atoms with van der Waals surface area (Å²) in [5.41, 5.74) is 2.46. The van der Waals surface area contributed by atoms with Gasteiger partial charge in [-0.25, -0.2) is 9.78 Å². The number of aromatic nitrogens is 3. The first-order valence-electron chi connectivity index (χ1n) is 8.02. The second kappa shape index (κ2) is 8.81. The summed E-state index contributed by atoms with van der Waals surface area (Å²) in [7, 11) is 1.55. The first kappa shape index (κ1) is 20.4. The molecule has 0 fully saturated rings. The lowest BCUT2D eigenvalue weighted by Crippen LogP contribution is -1.97. The Morgan fingerprint density at radius 2 is 2.11 bits per heavy atom. The van der Waals surface area contributed by atoms with Crippen LogP contribution in [0.3, 0.4) is 0 Å². The minimum Gasteiger partial charge on any atom is -0.496 e. The normalized spacial score (nSPS) is 11.5. The third-order valence-electron chi connectivity index (χ3n) is 3.79. The van der Waals surface area contributed by atoms with Gasteiger partial charge in [0, 0.05) is 9.50 Å². The largest absolute Gasteiger partial charge is 0.496 e. The van der Waals surface area contributed by atoms with Crippen LogP contribution in [-0.2, 0) is 4.79 Å². The van der Waals surface area contributed by atoms with Gasteiger partial charge in [0.25, 0.3) is 0 Å². The first-order valence-corrected chi connectivity index (χ1v) is 10.0. The summed E-state index contributed by atoms with van der Waals surface area (Å²) in [6.45, 7) is 1.96. The van der Waals surface area contributed by atoms with E-state index >= 15 is 0 Å². The van der Waals surface area contributed by atoms with Gasteiger partial charge in [0.1, 0.15) is 10.7 Å². The van der Waals surface area contributed by atoms with Crippen LogP contribution in [0.4, 0.5) is 0 Å². The Kier molecular flexibility index (Phi) is 6.43. The van der Waals surface area contributed by atoms with Crippen molar-refractivity contribution in [2.45, 2.75) is 12.1 Å². The Hall–Kier alpha value is -2.29. The predicted octanol–water partition coefficient (Wildman–Crippen LogP) is 5.42. The molecule has 0 aliphatic carbocycles. The maximum absolute atomic E-state index is 11.7. The number of carboxylic acids is 1. The standard InChI is InChI=1S/C19H15BrClN3O3S/c1-10-3-4-11(7-14(10)20)8-16(18(25)26)28-19-22-17(23-24-19)13-9-12(21)5-6-15(13)27-2/h3-9H,1-2H3,(H,25,26)(H,22,23,24)/b16-8-. The Balaban J connectivity index is 1.90. The van der Waals surface area contributed by atoms with E-state index in [1.807, 2.05) is 25.1 Å². The zero-order chi connectivity index (χ0) is 20.3. The lowest BCUT2D eigenvalue weighted by atomic mass is 10.1. The fraction of sp³-hybridized carbons (Fsp3) is 0.105. The van der Waals surface area contributed by atoms with Gasteiger partial charge < -0.3 is 9.84 Å². The molecular formula is C19H15BrClN3O3S. The Labute approximate surface area is 179 Å². The number of carbonyl (C=O) groups is 1. The zero-order valence-electron chi connectivity index (χ0n) is 14.9. The maximum Gasteiger partial charge on any atom is 0.342 e. The van der Waals surface area contributed by atoms with Crippen LogP contribution in [0.25, 0.3) is 17.5 Å². The number of halogens is 2. The van der Waals surface area contributed by atoms with E-state index in [9.17, 15) is 9.90 Å². The number of rotatable bonds is 6. The fourth-order valence-electron chi connectivity index (χ4n) is 2.36. The Morgan fingerprint density at radius 1 is 1.32 bits per heavy atom. The van der Waals surface area contributed by atoms with Gasteiger partial charge in [0.05, 0.1) is 12.7 Å². The average molecular weight is 481 g/mol. The van der Waals surface area contributed by atoms with Crippen molar-refractivity contribution in [1.29, 1.82) is 0 Å². The molecule has 0 aliphatic rings. The number of nitrogens with one attached hydrogen (secondary N) is 1. The average Bonchev–Trinajstić information content (AvgIpc) is 3.12. The molecule has 0 atom stereocenters. The van der Waals surface area contributed by atoms with Gasteiger partial charge in [-0.2, -0.15) is 0 Å². The highest BCUT2D eigenvalue weighted by molar-refractivity contribution is 9.10. The van der Waals surface area contributed by atoms with Crippen molar-refractivity contribution in [2.75, 3.05) is 7.11 Å². The van der Waals surface area contributed by atoms with E-state index in [2.05, 4.69) is 31.1 Å². The molecule has 6 nitrogen and oxygen atoms in total. The lowest BCUT2D eigenvalue weighted by molar-refractivity contribution is -0.131. The van der Waals surface area contributed by atoms with E-state index in [0.29, 0.717) is 22.2 Å². The number of nitrogens with zero attached hydrogens (tertiary/aromatic N) is 2. The number of benzene rings is 2. The quantitative estimate of drug-likeness (QED) is 0.362. The first-order chi connectivity index (χ1) is 13.4. The molecule has 0 bridgehead atoms. The molecule has 0 radical (unpaired) electrons. The van der Waals surface area contributed by atoms with Crippen LogP contribution in [0.1, 0.15) is 11.1 Å². The van der Waals surface area contributed by atoms with Gasteiger partial charge in [-0.15, -0.1) is 5.10 Å². The molecule has 1 heterocycles. The van der Waals surface area contributed by atoms with Crippen LogP contribution in [0.5, 0.6) is 5.75 Å². The summed E-state index contributed by atoms with van der Waals surface area (Å²) in [5, 5.41) is 17.3. The molecule has 3 rings (SSSR count). The molecule has 9 heteroatoms. The molecule has 1 aromatic heterocycles. The van der Waals surface area contributed by atoms with Crippen molar-refractivity contribution in [3.63, 3.8) is 0 Å². The number of thioether (sulfide) groups is 1. The molecular weight excluding hydrogens is 466 g/mol. The molecule has 0 saturated carbocycles. The molecule has 0 amide bonds. The SMILES string of the molecule is COc1ccc(Cl)cc1-c1nc(S/C(=C\c2ccc(C)c(Br)c2)C(=O)O)n[nH]1. The van der Waals surface area contributed by atoms with Crippen LogP contribution in [0.15, 0.2) is 50.9 Å². The monoisotopic (exact) mass is 479 g/mol. The highest BCUT2D eigenvalue weighted by Crippen LogP contribution is 2.33. The number of aliphatic carboxylic acids is 1. The van der Waals surface area contributed by atoms with Gasteiger partial charge in [-0.05, 0) is 60.2 Å². The Morgan fingerprint density at radius 3 is 2.79 bits per heavy atom. The molecule has 144 valence electrons. The van der Waals surface area contributed by atoms with E-state index in [-0.39, 0.29) is 10.1 Å². The smallest absolute Gasteiger partial charge is 0.342 e. The number of aromatic amines is 1. The van der Waals surface area contributed by atoms with E-state index in [1.165, 1.54) is 0 Å². The van der Waals surface area contributed by atoms with Gasteiger partial charge in [0.15, 0.2) is 5.82 Å². The van der Waals surface area contributed by atoms with Crippen LogP contribution >= 0.6 is 39.3 Å². The van der Waals surface area contributed by atoms with E-state index in [1.54, 1.807) is 31.4 Å². The minimum atomic E-state index is -1.06. The molecule has 2 aromatic carbocycles. The van der Waals surface area contributed by atoms with Gasteiger partial charge in [-0.3, -0.25) is 5.10 Å². The topological polar surface area (TPSA) is 88.1 Å². The molecule has 3 aromatic rings. The fourth-order valence-corrected chi connectivity index (χ4v) is 3.64. The summed E-state index contributed by atoms with van der Waals surface area (Å²) in [4.78, 5) is 16.1. The second-order valence-electron chi connectivity index (χ2n) is 5.74. The zero-order valence-corrected chi connectivity index (χ0v) is 18.0. The number of methoxy groups -OCH3 is 1. The summed E-state index contributed by atoms with van der Waals surface area (Å²) in [6.07, 6.45) is 1.58. The lowest BCUT2D eigenvalue weighted by Gasteiger charge is -2.05. The van der Waals surface area contributed by atoms with Crippen LogP contribution in [-0.4, -0.2) is 33.4 Å². The number of H-pyrrole nitrogens is 1. The van der Waals surface area contributed by atoms with Crippen molar-refractivity contribution in [3.8, 4) is 17.1 Å². The molecule has 0 aliphatic heterocycles. The second-order valence-corrected chi connectivity index (χ2v) is 8.04. The van der Waals surface area contributed by atoms with Gasteiger partial charge >= 0.3 is 5.97 Å². The highest BCUT2D eigenvalue weighted by Gasteiger charge is 2.16. The summed E-state index contributed by atoms with van der Waals surface area (Å²) in [6, 6.07) is 10.8. The van der Waals surface area contributed by atoms with Crippen molar-refractivity contribution in [2.24, 2.45) is 0 Å².